The number of pyridine rings is 1. The minimum atomic E-state index is -0.00733. The fourth-order valence-electron chi connectivity index (χ4n) is 2.82. The minimum absolute atomic E-state index is 0.00733. The summed E-state index contributed by atoms with van der Waals surface area (Å²) >= 11 is 1.40. The van der Waals surface area contributed by atoms with E-state index in [9.17, 15) is 4.79 Å². The number of hydrogen-bond acceptors (Lipinski definition) is 4. The highest BCUT2D eigenvalue weighted by atomic mass is 32.1. The molecule has 1 aromatic carbocycles. The van der Waals surface area contributed by atoms with Crippen molar-refractivity contribution in [1.29, 1.82) is 0 Å². The molecule has 3 aromatic rings. The molecule has 0 aliphatic carbocycles. The second kappa shape index (κ2) is 7.61. The summed E-state index contributed by atoms with van der Waals surface area (Å²) in [6.07, 6.45) is 1.74. The smallest absolute Gasteiger partial charge is 0.265 e. The Morgan fingerprint density at radius 2 is 1.81 bits per heavy atom. The van der Waals surface area contributed by atoms with E-state index in [1.807, 2.05) is 32.2 Å². The molecule has 2 heterocycles. The van der Waals surface area contributed by atoms with Crippen molar-refractivity contribution in [2.45, 2.75) is 39.7 Å². The number of aryl methyl sites for hydroxylation is 1. The molecule has 0 unspecified atom stereocenters. The lowest BCUT2D eigenvalue weighted by Crippen LogP contribution is -2.26. The molecule has 0 radical (unpaired) electrons. The average Bonchev–Trinajstić information content (AvgIpc) is 3.03. The van der Waals surface area contributed by atoms with Gasteiger partial charge in [-0.25, -0.2) is 4.98 Å². The van der Waals surface area contributed by atoms with Crippen LogP contribution in [0.4, 0.5) is 0 Å². The van der Waals surface area contributed by atoms with Crippen LogP contribution in [0.5, 0.6) is 0 Å². The predicted molar refractivity (Wildman–Crippen MR) is 111 cm³/mol. The Balaban J connectivity index is 1.75. The van der Waals surface area contributed by atoms with Gasteiger partial charge in [-0.2, -0.15) is 0 Å². The van der Waals surface area contributed by atoms with Crippen molar-refractivity contribution < 1.29 is 4.79 Å². The second-order valence-corrected chi connectivity index (χ2v) is 8.76. The zero-order valence-corrected chi connectivity index (χ0v) is 17.3. The van der Waals surface area contributed by atoms with Gasteiger partial charge in [-0.15, -0.1) is 11.3 Å². The molecule has 0 spiro atoms. The van der Waals surface area contributed by atoms with Crippen LogP contribution >= 0.6 is 11.3 Å². The van der Waals surface area contributed by atoms with Crippen molar-refractivity contribution in [2.24, 2.45) is 0 Å². The van der Waals surface area contributed by atoms with Crippen molar-refractivity contribution in [1.82, 2.24) is 14.9 Å². The first kappa shape index (κ1) is 19.2. The number of hydrogen-bond donors (Lipinski definition) is 0. The third kappa shape index (κ3) is 4.42. The Bertz CT molecular complexity index is 924. The van der Waals surface area contributed by atoms with E-state index in [2.05, 4.69) is 55.0 Å². The van der Waals surface area contributed by atoms with Gasteiger partial charge in [-0.3, -0.25) is 9.78 Å². The fraction of sp³-hybridized carbons (Fsp3) is 0.318. The van der Waals surface area contributed by atoms with E-state index in [1.54, 1.807) is 11.1 Å². The van der Waals surface area contributed by atoms with E-state index < -0.39 is 0 Å². The molecule has 1 amide bonds. The number of nitrogens with zero attached hydrogens (tertiary/aromatic N) is 3. The molecule has 5 heteroatoms. The van der Waals surface area contributed by atoms with Crippen LogP contribution in [0.15, 0.2) is 48.7 Å². The van der Waals surface area contributed by atoms with Gasteiger partial charge in [0.1, 0.15) is 9.88 Å². The summed E-state index contributed by atoms with van der Waals surface area (Å²) in [6.45, 7) is 9.04. The van der Waals surface area contributed by atoms with Gasteiger partial charge in [0.2, 0.25) is 0 Å². The van der Waals surface area contributed by atoms with Crippen LogP contribution in [0.1, 0.15) is 47.3 Å². The van der Waals surface area contributed by atoms with Crippen molar-refractivity contribution in [3.63, 3.8) is 0 Å². The number of thiazole rings is 1. The largest absolute Gasteiger partial charge is 0.337 e. The van der Waals surface area contributed by atoms with Gasteiger partial charge in [0.15, 0.2) is 0 Å². The normalized spacial score (nSPS) is 11.4. The Morgan fingerprint density at radius 1 is 1.11 bits per heavy atom. The molecule has 0 saturated carbocycles. The van der Waals surface area contributed by atoms with E-state index in [4.69, 9.17) is 0 Å². The quantitative estimate of drug-likeness (QED) is 0.635. The molecule has 3 rings (SSSR count). The van der Waals surface area contributed by atoms with E-state index >= 15 is 0 Å². The van der Waals surface area contributed by atoms with Crippen molar-refractivity contribution in [2.75, 3.05) is 7.05 Å². The molecule has 27 heavy (non-hydrogen) atoms. The molecule has 2 aromatic heterocycles. The van der Waals surface area contributed by atoms with E-state index in [0.29, 0.717) is 11.4 Å². The SMILES string of the molecule is Cc1nc(-c2ccccn2)sc1C(=O)N(C)Cc1ccc(C(C)(C)C)cc1. The number of rotatable bonds is 4. The van der Waals surface area contributed by atoms with E-state index in [0.717, 1.165) is 22.0 Å². The summed E-state index contributed by atoms with van der Waals surface area (Å²) in [4.78, 5) is 24.2. The summed E-state index contributed by atoms with van der Waals surface area (Å²) in [5.41, 5.74) is 4.08. The lowest BCUT2D eigenvalue weighted by Gasteiger charge is -2.20. The summed E-state index contributed by atoms with van der Waals surface area (Å²) in [5.74, 6) is -0.00733. The molecule has 0 N–H and O–H groups in total. The van der Waals surface area contributed by atoms with Gasteiger partial charge in [0.05, 0.1) is 11.4 Å². The third-order valence-electron chi connectivity index (χ3n) is 4.46. The van der Waals surface area contributed by atoms with Gasteiger partial charge in [-0.1, -0.05) is 51.1 Å². The third-order valence-corrected chi connectivity index (χ3v) is 5.63. The monoisotopic (exact) mass is 379 g/mol. The summed E-state index contributed by atoms with van der Waals surface area (Å²) in [7, 11) is 1.83. The summed E-state index contributed by atoms with van der Waals surface area (Å²) < 4.78 is 0. The van der Waals surface area contributed by atoms with Crippen LogP contribution in [0, 0.1) is 6.92 Å². The number of carbonyl (C=O) groups excluding carboxylic acids is 1. The van der Waals surface area contributed by atoms with Crippen LogP contribution in [-0.2, 0) is 12.0 Å². The highest BCUT2D eigenvalue weighted by Crippen LogP contribution is 2.28. The molecular formula is C22H25N3OS. The van der Waals surface area contributed by atoms with Crippen molar-refractivity contribution in [3.05, 3.63) is 70.4 Å². The second-order valence-electron chi connectivity index (χ2n) is 7.76. The van der Waals surface area contributed by atoms with Crippen LogP contribution in [0.3, 0.4) is 0 Å². The lowest BCUT2D eigenvalue weighted by molar-refractivity contribution is 0.0789. The molecule has 0 saturated heterocycles. The van der Waals surface area contributed by atoms with Gasteiger partial charge < -0.3 is 4.90 Å². The molecule has 0 aliphatic rings. The molecular weight excluding hydrogens is 354 g/mol. The lowest BCUT2D eigenvalue weighted by atomic mass is 9.87. The Kier molecular flexibility index (Phi) is 5.42. The van der Waals surface area contributed by atoms with Crippen LogP contribution in [0.2, 0.25) is 0 Å². The molecule has 0 atom stereocenters. The minimum Gasteiger partial charge on any atom is -0.337 e. The molecule has 4 nitrogen and oxygen atoms in total. The van der Waals surface area contributed by atoms with Crippen molar-refractivity contribution >= 4 is 17.2 Å². The van der Waals surface area contributed by atoms with Crippen molar-refractivity contribution in [3.8, 4) is 10.7 Å². The fourth-order valence-corrected chi connectivity index (χ4v) is 3.86. The van der Waals surface area contributed by atoms with Gasteiger partial charge >= 0.3 is 0 Å². The molecule has 0 bridgehead atoms. The molecule has 0 aliphatic heterocycles. The number of carbonyl (C=O) groups is 1. The first-order valence-corrected chi connectivity index (χ1v) is 9.81. The Hall–Kier alpha value is -2.53. The van der Waals surface area contributed by atoms with Gasteiger partial charge in [0, 0.05) is 19.8 Å². The number of benzene rings is 1. The average molecular weight is 380 g/mol. The summed E-state index contributed by atoms with van der Waals surface area (Å²) in [5, 5.41) is 0.777. The summed E-state index contributed by atoms with van der Waals surface area (Å²) in [6, 6.07) is 14.2. The highest BCUT2D eigenvalue weighted by Gasteiger charge is 2.20. The maximum Gasteiger partial charge on any atom is 0.265 e. The van der Waals surface area contributed by atoms with E-state index in [1.165, 1.54) is 16.9 Å². The molecule has 140 valence electrons. The number of aromatic nitrogens is 2. The zero-order chi connectivity index (χ0) is 19.6. The van der Waals surface area contributed by atoms with Gasteiger partial charge in [0.25, 0.3) is 5.91 Å². The molecule has 0 fully saturated rings. The topological polar surface area (TPSA) is 46.1 Å². The predicted octanol–water partition coefficient (Wildman–Crippen LogP) is 5.08. The first-order chi connectivity index (χ1) is 12.8. The first-order valence-electron chi connectivity index (χ1n) is 8.99. The Morgan fingerprint density at radius 3 is 2.41 bits per heavy atom. The standard InChI is InChI=1S/C22H25N3OS/c1-15-19(27-20(24-15)18-8-6-7-13-23-18)21(26)25(5)14-16-9-11-17(12-10-16)22(2,3)4/h6-13H,14H2,1-5H3. The van der Waals surface area contributed by atoms with Crippen LogP contribution in [-0.4, -0.2) is 27.8 Å². The van der Waals surface area contributed by atoms with Crippen LogP contribution < -0.4 is 0 Å². The van der Waals surface area contributed by atoms with Gasteiger partial charge in [-0.05, 0) is 35.6 Å². The Labute approximate surface area is 164 Å². The van der Waals surface area contributed by atoms with E-state index in [-0.39, 0.29) is 11.3 Å². The van der Waals surface area contributed by atoms with Crippen LogP contribution in [0.25, 0.3) is 10.7 Å². The number of amides is 1. The maximum atomic E-state index is 12.9. The highest BCUT2D eigenvalue weighted by molar-refractivity contribution is 7.17. The maximum absolute atomic E-state index is 12.9. The zero-order valence-electron chi connectivity index (χ0n) is 16.5.